The molecule has 0 radical (unpaired) electrons. The summed E-state index contributed by atoms with van der Waals surface area (Å²) in [4.78, 5) is 0. The average molecular weight is 393 g/mol. The maximum absolute atomic E-state index is 14.7. The smallest absolute Gasteiger partial charge is 0.149 e. The molecule has 0 N–H and O–H groups in total. The molecule has 3 aromatic carbocycles. The van der Waals surface area contributed by atoms with E-state index in [4.69, 9.17) is 16.3 Å². The molecule has 1 unspecified atom stereocenters. The first-order chi connectivity index (χ1) is 13.7. The second kappa shape index (κ2) is 8.30. The second-order valence-corrected chi connectivity index (χ2v) is 7.41. The highest BCUT2D eigenvalue weighted by molar-refractivity contribution is 6.32. The minimum atomic E-state index is -0.382. The van der Waals surface area contributed by atoms with E-state index in [1.807, 2.05) is 37.3 Å². The Bertz CT molecular complexity index is 986. The summed E-state index contributed by atoms with van der Waals surface area (Å²) in [5, 5.41) is 0.164. The van der Waals surface area contributed by atoms with Crippen LogP contribution in [0, 0.1) is 5.82 Å². The number of allylic oxidation sites excluding steroid dienone is 2. The third-order valence-electron chi connectivity index (χ3n) is 5.11. The maximum atomic E-state index is 14.7. The summed E-state index contributed by atoms with van der Waals surface area (Å²) >= 11 is 6.21. The van der Waals surface area contributed by atoms with Gasteiger partial charge in [0.15, 0.2) is 0 Å². The van der Waals surface area contributed by atoms with Crippen molar-refractivity contribution in [2.45, 2.75) is 25.9 Å². The highest BCUT2D eigenvalue weighted by Crippen LogP contribution is 2.39. The number of hydrogen-bond donors (Lipinski definition) is 0. The van der Waals surface area contributed by atoms with Gasteiger partial charge in [-0.3, -0.25) is 0 Å². The third-order valence-corrected chi connectivity index (χ3v) is 5.50. The summed E-state index contributed by atoms with van der Waals surface area (Å²) in [6.07, 6.45) is 6.32. The SMILES string of the molecule is C/C=C/CCc1ccc(-c2ccc(-c3ccc(C4CO4)c(Cl)c3F)cc2)cc1. The van der Waals surface area contributed by atoms with Gasteiger partial charge in [-0.25, -0.2) is 4.39 Å². The van der Waals surface area contributed by atoms with Gasteiger partial charge in [0.25, 0.3) is 0 Å². The summed E-state index contributed by atoms with van der Waals surface area (Å²) in [6.45, 7) is 2.66. The number of ether oxygens (including phenoxy) is 1. The Hall–Kier alpha value is -2.42. The minimum Gasteiger partial charge on any atom is -0.368 e. The van der Waals surface area contributed by atoms with Crippen LogP contribution >= 0.6 is 11.6 Å². The van der Waals surface area contributed by atoms with Gasteiger partial charge >= 0.3 is 0 Å². The highest BCUT2D eigenvalue weighted by Gasteiger charge is 2.29. The van der Waals surface area contributed by atoms with Gasteiger partial charge in [-0.2, -0.15) is 0 Å². The number of rotatable bonds is 6. The highest BCUT2D eigenvalue weighted by atomic mass is 35.5. The molecule has 28 heavy (non-hydrogen) atoms. The lowest BCUT2D eigenvalue weighted by Gasteiger charge is -2.10. The Morgan fingerprint density at radius 2 is 1.57 bits per heavy atom. The molecular formula is C25H22ClFO. The van der Waals surface area contributed by atoms with Gasteiger partial charge in [0.2, 0.25) is 0 Å². The quantitative estimate of drug-likeness (QED) is 0.314. The first-order valence-corrected chi connectivity index (χ1v) is 9.95. The zero-order chi connectivity index (χ0) is 19.5. The van der Waals surface area contributed by atoms with Gasteiger partial charge in [0, 0.05) is 11.1 Å². The average Bonchev–Trinajstić information content (AvgIpc) is 3.56. The van der Waals surface area contributed by atoms with Crippen LogP contribution in [0.25, 0.3) is 22.3 Å². The zero-order valence-electron chi connectivity index (χ0n) is 15.8. The van der Waals surface area contributed by atoms with E-state index in [-0.39, 0.29) is 16.9 Å². The third kappa shape index (κ3) is 4.04. The van der Waals surface area contributed by atoms with Crippen molar-refractivity contribution in [1.29, 1.82) is 0 Å². The molecular weight excluding hydrogens is 371 g/mol. The summed E-state index contributed by atoms with van der Waals surface area (Å²) in [5.41, 5.74) is 5.65. The van der Waals surface area contributed by atoms with Crippen LogP contribution in [0.15, 0.2) is 72.8 Å². The van der Waals surface area contributed by atoms with Gasteiger partial charge in [0.1, 0.15) is 11.9 Å². The fourth-order valence-corrected chi connectivity index (χ4v) is 3.67. The van der Waals surface area contributed by atoms with Crippen LogP contribution in [-0.4, -0.2) is 6.61 Å². The van der Waals surface area contributed by atoms with Crippen LogP contribution in [0.4, 0.5) is 4.39 Å². The summed E-state index contributed by atoms with van der Waals surface area (Å²) in [7, 11) is 0. The van der Waals surface area contributed by atoms with Crippen molar-refractivity contribution in [2.24, 2.45) is 0 Å². The lowest BCUT2D eigenvalue weighted by atomic mass is 9.97. The summed E-state index contributed by atoms with van der Waals surface area (Å²) in [5.74, 6) is -0.382. The van der Waals surface area contributed by atoms with E-state index < -0.39 is 0 Å². The number of hydrogen-bond acceptors (Lipinski definition) is 1. The van der Waals surface area contributed by atoms with Crippen LogP contribution in [0.5, 0.6) is 0 Å². The van der Waals surface area contributed by atoms with Gasteiger partial charge in [-0.1, -0.05) is 84.4 Å². The van der Waals surface area contributed by atoms with Crippen molar-refractivity contribution in [1.82, 2.24) is 0 Å². The first-order valence-electron chi connectivity index (χ1n) is 9.58. The van der Waals surface area contributed by atoms with Crippen LogP contribution in [0.1, 0.15) is 30.6 Å². The van der Waals surface area contributed by atoms with E-state index >= 15 is 0 Å². The molecule has 4 rings (SSSR count). The lowest BCUT2D eigenvalue weighted by Crippen LogP contribution is -1.92. The molecule has 142 valence electrons. The van der Waals surface area contributed by atoms with Crippen LogP contribution in [0.3, 0.4) is 0 Å². The summed E-state index contributed by atoms with van der Waals surface area (Å²) in [6, 6.07) is 20.2. The molecule has 0 spiro atoms. The minimum absolute atomic E-state index is 0.0561. The van der Waals surface area contributed by atoms with E-state index in [1.54, 1.807) is 6.07 Å². The van der Waals surface area contributed by atoms with E-state index in [2.05, 4.69) is 36.4 Å². The molecule has 1 heterocycles. The monoisotopic (exact) mass is 392 g/mol. The van der Waals surface area contributed by atoms with E-state index in [1.165, 1.54) is 5.56 Å². The predicted molar refractivity (Wildman–Crippen MR) is 114 cm³/mol. The van der Waals surface area contributed by atoms with Gasteiger partial charge in [-0.15, -0.1) is 0 Å². The molecule has 1 aliphatic rings. The maximum Gasteiger partial charge on any atom is 0.149 e. The largest absolute Gasteiger partial charge is 0.368 e. The molecule has 1 saturated heterocycles. The first kappa shape index (κ1) is 18.9. The second-order valence-electron chi connectivity index (χ2n) is 7.03. The standard InChI is InChI=1S/C25H22ClFO/c1-2-3-4-5-17-6-8-18(9-7-17)19-10-12-20(13-11-19)21-14-15-22(23-16-28-23)24(26)25(21)27/h2-3,6-15,23H,4-5,16H2,1H3/b3-2+. The van der Waals surface area contributed by atoms with E-state index in [0.29, 0.717) is 12.2 Å². The molecule has 0 aliphatic carbocycles. The number of halogens is 2. The molecule has 3 heteroatoms. The molecule has 0 amide bonds. The molecule has 0 bridgehead atoms. The Morgan fingerprint density at radius 1 is 0.964 bits per heavy atom. The Balaban J connectivity index is 1.53. The summed E-state index contributed by atoms with van der Waals surface area (Å²) < 4.78 is 20.0. The van der Waals surface area contributed by atoms with Crippen LogP contribution in [-0.2, 0) is 11.2 Å². The number of epoxide rings is 1. The van der Waals surface area contributed by atoms with Crippen molar-refractivity contribution in [3.63, 3.8) is 0 Å². The van der Waals surface area contributed by atoms with Gasteiger partial charge < -0.3 is 4.74 Å². The van der Waals surface area contributed by atoms with Crippen molar-refractivity contribution >= 4 is 11.6 Å². The van der Waals surface area contributed by atoms with E-state index in [0.717, 1.165) is 35.1 Å². The molecule has 1 fully saturated rings. The van der Waals surface area contributed by atoms with Crippen molar-refractivity contribution in [3.05, 3.63) is 94.8 Å². The molecule has 1 nitrogen and oxygen atoms in total. The fraction of sp³-hybridized carbons (Fsp3) is 0.200. The van der Waals surface area contributed by atoms with Crippen molar-refractivity contribution in [2.75, 3.05) is 6.61 Å². The topological polar surface area (TPSA) is 12.5 Å². The molecule has 1 aliphatic heterocycles. The number of aryl methyl sites for hydroxylation is 1. The van der Waals surface area contributed by atoms with Crippen LogP contribution in [0.2, 0.25) is 5.02 Å². The predicted octanol–water partition coefficient (Wildman–Crippen LogP) is 7.39. The van der Waals surface area contributed by atoms with Crippen molar-refractivity contribution < 1.29 is 9.13 Å². The molecule has 0 aromatic heterocycles. The fourth-order valence-electron chi connectivity index (χ4n) is 3.39. The zero-order valence-corrected chi connectivity index (χ0v) is 16.5. The Labute approximate surface area is 170 Å². The molecule has 3 aromatic rings. The Morgan fingerprint density at radius 3 is 2.18 bits per heavy atom. The Kier molecular flexibility index (Phi) is 5.61. The van der Waals surface area contributed by atoms with Gasteiger partial charge in [-0.05, 0) is 42.0 Å². The van der Waals surface area contributed by atoms with E-state index in [9.17, 15) is 4.39 Å². The molecule has 1 atom stereocenters. The normalized spacial score (nSPS) is 15.9. The van der Waals surface area contributed by atoms with Gasteiger partial charge in [0.05, 0.1) is 11.6 Å². The van der Waals surface area contributed by atoms with Crippen LogP contribution < -0.4 is 0 Å². The van der Waals surface area contributed by atoms with Crippen molar-refractivity contribution in [3.8, 4) is 22.3 Å². The number of benzene rings is 3. The molecule has 0 saturated carbocycles. The lowest BCUT2D eigenvalue weighted by molar-refractivity contribution is 0.415.